The lowest BCUT2D eigenvalue weighted by Gasteiger charge is -2.19. The highest BCUT2D eigenvalue weighted by Gasteiger charge is 2.42. The predicted molar refractivity (Wildman–Crippen MR) is 44.0 cm³/mol. The van der Waals surface area contributed by atoms with Crippen molar-refractivity contribution in [1.29, 1.82) is 0 Å². The highest BCUT2D eigenvalue weighted by Crippen LogP contribution is 2.47. The van der Waals surface area contributed by atoms with E-state index < -0.39 is 0 Å². The van der Waals surface area contributed by atoms with Crippen LogP contribution in [0.25, 0.3) is 0 Å². The maximum Gasteiger partial charge on any atom is 0.124 e. The Kier molecular flexibility index (Phi) is 1.45. The highest BCUT2D eigenvalue weighted by atomic mass is 16.1. The summed E-state index contributed by atoms with van der Waals surface area (Å²) < 4.78 is 0. The molecule has 0 saturated heterocycles. The van der Waals surface area contributed by atoms with E-state index in [1.165, 1.54) is 6.42 Å². The van der Waals surface area contributed by atoms with Gasteiger partial charge in [-0.15, -0.1) is 6.58 Å². The summed E-state index contributed by atoms with van der Waals surface area (Å²) in [4.78, 5) is 10.7. The van der Waals surface area contributed by atoms with Crippen LogP contribution in [-0.2, 0) is 4.79 Å². The Labute approximate surface area is 66.8 Å². The van der Waals surface area contributed by atoms with Gasteiger partial charge in [-0.25, -0.2) is 0 Å². The molecule has 0 spiro atoms. The molecule has 4 unspecified atom stereocenters. The Morgan fingerprint density at radius 1 is 1.27 bits per heavy atom. The summed E-state index contributed by atoms with van der Waals surface area (Å²) in [6, 6.07) is 0. The van der Waals surface area contributed by atoms with Crippen molar-refractivity contribution in [1.82, 2.24) is 0 Å². The topological polar surface area (TPSA) is 17.1 Å². The SMILES string of the molecule is C=CC1C2C=CC(C2)C1C=O. The minimum atomic E-state index is 0.225. The van der Waals surface area contributed by atoms with Crippen molar-refractivity contribution < 1.29 is 4.79 Å². The second-order valence-corrected chi connectivity index (χ2v) is 3.47. The van der Waals surface area contributed by atoms with E-state index in [1.807, 2.05) is 6.08 Å². The normalized spacial score (nSPS) is 46.2. The second kappa shape index (κ2) is 2.33. The van der Waals surface area contributed by atoms with E-state index in [1.54, 1.807) is 0 Å². The van der Waals surface area contributed by atoms with Gasteiger partial charge in [0.1, 0.15) is 6.29 Å². The van der Waals surface area contributed by atoms with E-state index in [0.717, 1.165) is 6.29 Å². The number of aldehydes is 1. The van der Waals surface area contributed by atoms with Crippen LogP contribution >= 0.6 is 0 Å². The molecule has 1 nitrogen and oxygen atoms in total. The Balaban J connectivity index is 2.27. The van der Waals surface area contributed by atoms with E-state index in [9.17, 15) is 4.79 Å². The third-order valence-electron chi connectivity index (χ3n) is 3.01. The van der Waals surface area contributed by atoms with Gasteiger partial charge < -0.3 is 4.79 Å². The summed E-state index contributed by atoms with van der Waals surface area (Å²) in [6.07, 6.45) is 8.62. The zero-order chi connectivity index (χ0) is 7.84. The van der Waals surface area contributed by atoms with Gasteiger partial charge in [-0.3, -0.25) is 0 Å². The average Bonchev–Trinajstić information content (AvgIpc) is 2.60. The first-order chi connectivity index (χ1) is 5.36. The summed E-state index contributed by atoms with van der Waals surface area (Å²) in [5, 5.41) is 0. The summed E-state index contributed by atoms with van der Waals surface area (Å²) in [5.74, 6) is 1.76. The lowest BCUT2D eigenvalue weighted by molar-refractivity contribution is -0.112. The van der Waals surface area contributed by atoms with Crippen molar-refractivity contribution in [3.63, 3.8) is 0 Å². The second-order valence-electron chi connectivity index (χ2n) is 3.47. The van der Waals surface area contributed by atoms with Crippen molar-refractivity contribution in [2.75, 3.05) is 0 Å². The molecule has 11 heavy (non-hydrogen) atoms. The molecule has 0 aliphatic heterocycles. The van der Waals surface area contributed by atoms with Crippen LogP contribution < -0.4 is 0 Å². The molecule has 0 aromatic heterocycles. The van der Waals surface area contributed by atoms with Gasteiger partial charge in [0.2, 0.25) is 0 Å². The number of rotatable bonds is 2. The molecule has 2 rings (SSSR count). The van der Waals surface area contributed by atoms with E-state index in [0.29, 0.717) is 17.8 Å². The molecule has 0 aromatic carbocycles. The molecule has 2 aliphatic rings. The Morgan fingerprint density at radius 3 is 2.36 bits per heavy atom. The fourth-order valence-electron chi connectivity index (χ4n) is 2.42. The molecule has 1 fully saturated rings. The molecule has 0 radical (unpaired) electrons. The molecule has 2 bridgehead atoms. The van der Waals surface area contributed by atoms with Gasteiger partial charge in [-0.1, -0.05) is 18.2 Å². The predicted octanol–water partition coefficient (Wildman–Crippen LogP) is 1.81. The van der Waals surface area contributed by atoms with Crippen LogP contribution in [0.15, 0.2) is 24.8 Å². The van der Waals surface area contributed by atoms with Crippen LogP contribution in [0.4, 0.5) is 0 Å². The number of hydrogen-bond donors (Lipinski definition) is 0. The lowest BCUT2D eigenvalue weighted by atomic mass is 9.84. The summed E-state index contributed by atoms with van der Waals surface area (Å²) in [6.45, 7) is 3.77. The van der Waals surface area contributed by atoms with Gasteiger partial charge in [0.25, 0.3) is 0 Å². The number of hydrogen-bond acceptors (Lipinski definition) is 1. The lowest BCUT2D eigenvalue weighted by Crippen LogP contribution is -2.18. The van der Waals surface area contributed by atoms with Crippen LogP contribution in [0, 0.1) is 23.7 Å². The number of carbonyl (C=O) groups excluding carboxylic acids is 1. The molecular weight excluding hydrogens is 136 g/mol. The number of allylic oxidation sites excluding steroid dienone is 3. The van der Waals surface area contributed by atoms with E-state index in [2.05, 4.69) is 18.7 Å². The molecule has 0 heterocycles. The number of carbonyl (C=O) groups is 1. The third kappa shape index (κ3) is 0.802. The van der Waals surface area contributed by atoms with Crippen LogP contribution in [0.1, 0.15) is 6.42 Å². The zero-order valence-electron chi connectivity index (χ0n) is 6.44. The maximum atomic E-state index is 10.7. The Bertz CT molecular complexity index is 195. The Morgan fingerprint density at radius 2 is 1.91 bits per heavy atom. The van der Waals surface area contributed by atoms with Crippen LogP contribution in [0.2, 0.25) is 0 Å². The van der Waals surface area contributed by atoms with Crippen molar-refractivity contribution in [3.05, 3.63) is 24.8 Å². The first-order valence-electron chi connectivity index (χ1n) is 4.13. The van der Waals surface area contributed by atoms with Crippen molar-refractivity contribution in [2.45, 2.75) is 6.42 Å². The maximum absolute atomic E-state index is 10.7. The quantitative estimate of drug-likeness (QED) is 0.431. The molecule has 4 atom stereocenters. The molecular formula is C10H12O. The molecule has 58 valence electrons. The fraction of sp³-hybridized carbons (Fsp3) is 0.500. The monoisotopic (exact) mass is 148 g/mol. The Hall–Kier alpha value is -0.850. The smallest absolute Gasteiger partial charge is 0.124 e. The van der Waals surface area contributed by atoms with Crippen molar-refractivity contribution in [3.8, 4) is 0 Å². The summed E-state index contributed by atoms with van der Waals surface area (Å²) in [5.41, 5.74) is 0. The van der Waals surface area contributed by atoms with Crippen LogP contribution in [-0.4, -0.2) is 6.29 Å². The fourth-order valence-corrected chi connectivity index (χ4v) is 2.42. The average molecular weight is 148 g/mol. The van der Waals surface area contributed by atoms with Gasteiger partial charge >= 0.3 is 0 Å². The minimum absolute atomic E-state index is 0.225. The third-order valence-corrected chi connectivity index (χ3v) is 3.01. The van der Waals surface area contributed by atoms with Crippen molar-refractivity contribution in [2.24, 2.45) is 23.7 Å². The van der Waals surface area contributed by atoms with Crippen molar-refractivity contribution >= 4 is 6.29 Å². The summed E-state index contributed by atoms with van der Waals surface area (Å²) >= 11 is 0. The molecule has 0 amide bonds. The zero-order valence-corrected chi connectivity index (χ0v) is 6.44. The van der Waals surface area contributed by atoms with Gasteiger partial charge in [-0.05, 0) is 24.2 Å². The van der Waals surface area contributed by atoms with Gasteiger partial charge in [0.15, 0.2) is 0 Å². The van der Waals surface area contributed by atoms with Crippen LogP contribution in [0.5, 0.6) is 0 Å². The first-order valence-corrected chi connectivity index (χ1v) is 4.13. The largest absolute Gasteiger partial charge is 0.303 e. The molecule has 0 N–H and O–H groups in total. The summed E-state index contributed by atoms with van der Waals surface area (Å²) in [7, 11) is 0. The standard InChI is InChI=1S/C10H12O/c1-2-9-7-3-4-8(5-7)10(9)6-11/h2-4,6-10H,1,5H2. The van der Waals surface area contributed by atoms with Gasteiger partial charge in [-0.2, -0.15) is 0 Å². The first kappa shape index (κ1) is 6.84. The minimum Gasteiger partial charge on any atom is -0.303 e. The van der Waals surface area contributed by atoms with Crippen LogP contribution in [0.3, 0.4) is 0 Å². The number of fused-ring (bicyclic) bond motifs is 2. The molecule has 0 aromatic rings. The van der Waals surface area contributed by atoms with E-state index in [4.69, 9.17) is 0 Å². The van der Waals surface area contributed by atoms with E-state index >= 15 is 0 Å². The van der Waals surface area contributed by atoms with Gasteiger partial charge in [0, 0.05) is 5.92 Å². The molecule has 2 aliphatic carbocycles. The van der Waals surface area contributed by atoms with Gasteiger partial charge in [0.05, 0.1) is 0 Å². The van der Waals surface area contributed by atoms with E-state index in [-0.39, 0.29) is 5.92 Å². The highest BCUT2D eigenvalue weighted by molar-refractivity contribution is 5.58. The molecule has 1 heteroatoms. The molecule has 1 saturated carbocycles.